The Balaban J connectivity index is 1.41. The molecule has 3 heterocycles. The number of amides is 1. The topological polar surface area (TPSA) is 62.2 Å². The van der Waals surface area contributed by atoms with E-state index in [0.29, 0.717) is 24.1 Å². The predicted octanol–water partition coefficient (Wildman–Crippen LogP) is 5.14. The number of hydrogen-bond donors (Lipinski definition) is 2. The number of pyridine rings is 1. The highest BCUT2D eigenvalue weighted by Gasteiger charge is 2.42. The average Bonchev–Trinajstić information content (AvgIpc) is 3.53. The zero-order valence-corrected chi connectivity index (χ0v) is 20.7. The van der Waals surface area contributed by atoms with Gasteiger partial charge in [0.25, 0.3) is 0 Å². The first-order valence-corrected chi connectivity index (χ1v) is 12.4. The second-order valence-corrected chi connectivity index (χ2v) is 9.80. The highest BCUT2D eigenvalue weighted by molar-refractivity contribution is 7.80. The van der Waals surface area contributed by atoms with Gasteiger partial charge in [-0.15, -0.1) is 0 Å². The monoisotopic (exact) mass is 473 g/mol. The van der Waals surface area contributed by atoms with Gasteiger partial charge in [0, 0.05) is 42.3 Å². The number of anilines is 1. The summed E-state index contributed by atoms with van der Waals surface area (Å²) in [5.41, 5.74) is 6.72. The van der Waals surface area contributed by atoms with Gasteiger partial charge in [0.2, 0.25) is 5.91 Å². The van der Waals surface area contributed by atoms with Gasteiger partial charge in [0.05, 0.1) is 17.8 Å². The molecule has 176 valence electrons. The number of carbonyl (C=O) groups is 1. The Bertz CT molecular complexity index is 1220. The Kier molecular flexibility index (Phi) is 6.13. The van der Waals surface area contributed by atoms with Crippen molar-refractivity contribution in [2.75, 3.05) is 11.9 Å². The highest BCUT2D eigenvalue weighted by Crippen LogP contribution is 2.44. The quantitative estimate of drug-likeness (QED) is 0.465. The fourth-order valence-corrected chi connectivity index (χ4v) is 5.48. The number of nitrogens with one attached hydrogen (secondary N) is 2. The molecule has 0 radical (unpaired) electrons. The number of carbonyl (C=O) groups excluding carboxylic acids is 1. The van der Waals surface area contributed by atoms with Gasteiger partial charge in [-0.1, -0.05) is 18.2 Å². The van der Waals surface area contributed by atoms with Crippen molar-refractivity contribution in [2.45, 2.75) is 58.2 Å². The average molecular weight is 474 g/mol. The van der Waals surface area contributed by atoms with Crippen molar-refractivity contribution in [1.29, 1.82) is 0 Å². The van der Waals surface area contributed by atoms with E-state index >= 15 is 0 Å². The second kappa shape index (κ2) is 9.22. The van der Waals surface area contributed by atoms with Crippen LogP contribution in [0.25, 0.3) is 0 Å². The number of benzene rings is 1. The van der Waals surface area contributed by atoms with Crippen LogP contribution >= 0.6 is 12.2 Å². The Hall–Kier alpha value is -3.19. The molecule has 0 unspecified atom stereocenters. The molecule has 1 saturated carbocycles. The second-order valence-electron chi connectivity index (χ2n) is 9.42. The molecule has 7 heteroatoms. The molecular weight excluding hydrogens is 442 g/mol. The molecule has 2 fully saturated rings. The first-order chi connectivity index (χ1) is 16.4. The number of hydrogen-bond acceptors (Lipinski definition) is 3. The molecule has 6 nitrogen and oxygen atoms in total. The summed E-state index contributed by atoms with van der Waals surface area (Å²) < 4.78 is 2.47. The van der Waals surface area contributed by atoms with E-state index in [1.165, 1.54) is 29.8 Å². The molecule has 2 N–H and O–H groups in total. The summed E-state index contributed by atoms with van der Waals surface area (Å²) in [6, 6.07) is 16.7. The summed E-state index contributed by atoms with van der Waals surface area (Å²) >= 11 is 5.79. The molecule has 1 aliphatic carbocycles. The van der Waals surface area contributed by atoms with Gasteiger partial charge in [0.1, 0.15) is 0 Å². The summed E-state index contributed by atoms with van der Waals surface area (Å²) in [6.07, 6.45) is 4.65. The molecule has 2 atom stereocenters. The molecular formula is C27H31N5OS. The molecule has 5 rings (SSSR count). The lowest BCUT2D eigenvalue weighted by Gasteiger charge is -2.28. The summed E-state index contributed by atoms with van der Waals surface area (Å²) in [5.74, 6) is -0.0168. The third kappa shape index (κ3) is 4.44. The minimum Gasteiger partial charge on any atom is -0.352 e. The Morgan fingerprint density at radius 2 is 1.97 bits per heavy atom. The SMILES string of the molecule is Cc1cccc(NC(=O)CCN2C(=S)N[C@H](c3ccccn3)[C@H]2c2cc(C)n(C3CC3)c2C)c1. The predicted molar refractivity (Wildman–Crippen MR) is 139 cm³/mol. The van der Waals surface area contributed by atoms with Crippen LogP contribution in [0.1, 0.15) is 65.6 Å². The smallest absolute Gasteiger partial charge is 0.226 e. The summed E-state index contributed by atoms with van der Waals surface area (Å²) in [4.78, 5) is 19.6. The molecule has 1 amide bonds. The largest absolute Gasteiger partial charge is 0.352 e. The van der Waals surface area contributed by atoms with Gasteiger partial charge in [-0.3, -0.25) is 9.78 Å². The van der Waals surface area contributed by atoms with Crippen LogP contribution in [0.2, 0.25) is 0 Å². The van der Waals surface area contributed by atoms with Crippen molar-refractivity contribution < 1.29 is 4.79 Å². The van der Waals surface area contributed by atoms with Crippen LogP contribution in [0.5, 0.6) is 0 Å². The molecule has 0 bridgehead atoms. The summed E-state index contributed by atoms with van der Waals surface area (Å²) in [5, 5.41) is 7.19. The number of rotatable bonds is 7. The highest BCUT2D eigenvalue weighted by atomic mass is 32.1. The van der Waals surface area contributed by atoms with Crippen LogP contribution in [0.3, 0.4) is 0 Å². The third-order valence-corrected chi connectivity index (χ3v) is 7.19. The van der Waals surface area contributed by atoms with Crippen molar-refractivity contribution in [1.82, 2.24) is 19.8 Å². The van der Waals surface area contributed by atoms with E-state index in [4.69, 9.17) is 12.2 Å². The van der Waals surface area contributed by atoms with Gasteiger partial charge in [-0.05, 0) is 87.3 Å². The normalized spacial score (nSPS) is 19.9. The maximum Gasteiger partial charge on any atom is 0.226 e. The van der Waals surface area contributed by atoms with E-state index in [-0.39, 0.29) is 18.0 Å². The van der Waals surface area contributed by atoms with Gasteiger partial charge < -0.3 is 20.1 Å². The molecule has 1 aliphatic heterocycles. The van der Waals surface area contributed by atoms with Crippen LogP contribution in [0, 0.1) is 20.8 Å². The molecule has 2 aliphatic rings. The number of aryl methyl sites for hydroxylation is 2. The number of nitrogens with zero attached hydrogens (tertiary/aromatic N) is 3. The maximum atomic E-state index is 12.8. The fourth-order valence-electron chi connectivity index (χ4n) is 5.15. The lowest BCUT2D eigenvalue weighted by molar-refractivity contribution is -0.116. The summed E-state index contributed by atoms with van der Waals surface area (Å²) in [6.45, 7) is 6.94. The lowest BCUT2D eigenvalue weighted by Crippen LogP contribution is -2.32. The van der Waals surface area contributed by atoms with Crippen LogP contribution < -0.4 is 10.6 Å². The van der Waals surface area contributed by atoms with Crippen molar-refractivity contribution >= 4 is 28.9 Å². The lowest BCUT2D eigenvalue weighted by atomic mass is 9.96. The van der Waals surface area contributed by atoms with E-state index in [0.717, 1.165) is 16.9 Å². The Labute approximate surface area is 206 Å². The Morgan fingerprint density at radius 3 is 2.68 bits per heavy atom. The van der Waals surface area contributed by atoms with E-state index in [1.807, 2.05) is 55.6 Å². The molecule has 0 spiro atoms. The molecule has 1 saturated heterocycles. The number of aromatic nitrogens is 2. The van der Waals surface area contributed by atoms with Crippen molar-refractivity contribution in [3.8, 4) is 0 Å². The van der Waals surface area contributed by atoms with Gasteiger partial charge in [-0.25, -0.2) is 0 Å². The summed E-state index contributed by atoms with van der Waals surface area (Å²) in [7, 11) is 0. The Morgan fingerprint density at radius 1 is 1.15 bits per heavy atom. The zero-order valence-electron chi connectivity index (χ0n) is 19.9. The molecule has 34 heavy (non-hydrogen) atoms. The first kappa shape index (κ1) is 22.6. The standard InChI is InChI=1S/C27H31N5OS/c1-17-7-6-8-20(15-17)29-24(33)12-14-31-26(22-16-18(2)32(19(22)3)21-10-11-21)25(30-27(31)34)23-9-4-5-13-28-23/h4-9,13,15-16,21,25-26H,10-12,14H2,1-3H3,(H,29,33)(H,30,34)/t25-,26-/m1/s1. The maximum absolute atomic E-state index is 12.8. The van der Waals surface area contributed by atoms with Gasteiger partial charge in [-0.2, -0.15) is 0 Å². The van der Waals surface area contributed by atoms with E-state index < -0.39 is 0 Å². The van der Waals surface area contributed by atoms with Crippen molar-refractivity contribution in [3.63, 3.8) is 0 Å². The van der Waals surface area contributed by atoms with Crippen LogP contribution in [-0.2, 0) is 4.79 Å². The van der Waals surface area contributed by atoms with Crippen LogP contribution in [0.15, 0.2) is 54.7 Å². The minimum atomic E-state index is -0.0679. The van der Waals surface area contributed by atoms with E-state index in [9.17, 15) is 4.79 Å². The third-order valence-electron chi connectivity index (χ3n) is 6.83. The van der Waals surface area contributed by atoms with Gasteiger partial charge in [0.15, 0.2) is 5.11 Å². The zero-order chi connectivity index (χ0) is 23.8. The van der Waals surface area contributed by atoms with E-state index in [1.54, 1.807) is 0 Å². The molecule has 3 aromatic rings. The van der Waals surface area contributed by atoms with Crippen LogP contribution in [0.4, 0.5) is 5.69 Å². The number of thiocarbonyl (C=S) groups is 1. The molecule has 2 aromatic heterocycles. The molecule has 1 aromatic carbocycles. The first-order valence-electron chi connectivity index (χ1n) is 12.0. The minimum absolute atomic E-state index is 0.0168. The van der Waals surface area contributed by atoms with Crippen LogP contribution in [-0.4, -0.2) is 32.0 Å². The van der Waals surface area contributed by atoms with Crippen molar-refractivity contribution in [2.24, 2.45) is 0 Å². The van der Waals surface area contributed by atoms with E-state index in [2.05, 4.69) is 45.0 Å². The van der Waals surface area contributed by atoms with Gasteiger partial charge >= 0.3 is 0 Å². The van der Waals surface area contributed by atoms with Crippen molar-refractivity contribution in [3.05, 3.63) is 82.9 Å². The fraction of sp³-hybridized carbons (Fsp3) is 0.370.